The molecular formula is C10H19N. The average molecular weight is 153 g/mol. The Kier molecular flexibility index (Phi) is 2.72. The number of rotatable bonds is 1. The lowest BCUT2D eigenvalue weighted by Gasteiger charge is -2.31. The third-order valence-corrected chi connectivity index (χ3v) is 2.91. The van der Waals surface area contributed by atoms with Crippen LogP contribution < -0.4 is 5.32 Å². The van der Waals surface area contributed by atoms with Crippen LogP contribution in [0.4, 0.5) is 0 Å². The number of hydrogen-bond donors (Lipinski definition) is 1. The van der Waals surface area contributed by atoms with Gasteiger partial charge in [-0.3, -0.25) is 0 Å². The molecule has 0 radical (unpaired) electrons. The van der Waals surface area contributed by atoms with E-state index in [4.69, 9.17) is 0 Å². The van der Waals surface area contributed by atoms with Crippen LogP contribution in [0.1, 0.15) is 27.2 Å². The van der Waals surface area contributed by atoms with Crippen LogP contribution >= 0.6 is 0 Å². The molecule has 0 fully saturated rings. The molecule has 1 aliphatic rings. The first-order chi connectivity index (χ1) is 5.15. The second-order valence-corrected chi connectivity index (χ2v) is 3.87. The predicted octanol–water partition coefficient (Wildman–Crippen LogP) is 2.20. The standard InChI is InChI=1S/C10H19N/c1-7-5-8(2)9(3)10(6-7)11-4/h6,8-11H,5H2,1-4H3/t8-,9+,10+/m0/s1. The van der Waals surface area contributed by atoms with Crippen LogP contribution in [0.25, 0.3) is 0 Å². The summed E-state index contributed by atoms with van der Waals surface area (Å²) >= 11 is 0. The lowest BCUT2D eigenvalue weighted by molar-refractivity contribution is 0.309. The molecule has 1 heteroatoms. The van der Waals surface area contributed by atoms with Crippen molar-refractivity contribution in [1.29, 1.82) is 0 Å². The molecule has 0 saturated carbocycles. The van der Waals surface area contributed by atoms with E-state index in [-0.39, 0.29) is 0 Å². The van der Waals surface area contributed by atoms with Crippen LogP contribution in [0.15, 0.2) is 11.6 Å². The fraction of sp³-hybridized carbons (Fsp3) is 0.800. The van der Waals surface area contributed by atoms with Crippen molar-refractivity contribution in [3.8, 4) is 0 Å². The molecule has 0 aromatic carbocycles. The summed E-state index contributed by atoms with van der Waals surface area (Å²) in [4.78, 5) is 0. The minimum atomic E-state index is 0.596. The second-order valence-electron chi connectivity index (χ2n) is 3.87. The summed E-state index contributed by atoms with van der Waals surface area (Å²) in [5.74, 6) is 1.61. The number of likely N-dealkylation sites (N-methyl/N-ethyl adjacent to an activating group) is 1. The summed E-state index contributed by atoms with van der Waals surface area (Å²) in [6.45, 7) is 6.90. The van der Waals surface area contributed by atoms with Gasteiger partial charge >= 0.3 is 0 Å². The van der Waals surface area contributed by atoms with Crippen molar-refractivity contribution in [2.24, 2.45) is 11.8 Å². The van der Waals surface area contributed by atoms with Gasteiger partial charge in [0.2, 0.25) is 0 Å². The normalized spacial score (nSPS) is 38.5. The number of nitrogens with one attached hydrogen (secondary N) is 1. The van der Waals surface area contributed by atoms with E-state index in [2.05, 4.69) is 32.2 Å². The molecule has 0 amide bonds. The maximum absolute atomic E-state index is 3.34. The van der Waals surface area contributed by atoms with Crippen molar-refractivity contribution in [3.63, 3.8) is 0 Å². The van der Waals surface area contributed by atoms with E-state index in [0.717, 1.165) is 11.8 Å². The maximum atomic E-state index is 3.34. The quantitative estimate of drug-likeness (QED) is 0.569. The van der Waals surface area contributed by atoms with Gasteiger partial charge < -0.3 is 5.32 Å². The third-order valence-electron chi connectivity index (χ3n) is 2.91. The lowest BCUT2D eigenvalue weighted by atomic mass is 9.79. The molecule has 11 heavy (non-hydrogen) atoms. The van der Waals surface area contributed by atoms with Gasteiger partial charge in [-0.15, -0.1) is 0 Å². The van der Waals surface area contributed by atoms with E-state index >= 15 is 0 Å². The van der Waals surface area contributed by atoms with E-state index in [1.165, 1.54) is 12.0 Å². The van der Waals surface area contributed by atoms with Crippen LogP contribution in [0.2, 0.25) is 0 Å². The highest BCUT2D eigenvalue weighted by Crippen LogP contribution is 2.28. The van der Waals surface area contributed by atoms with Crippen molar-refractivity contribution in [2.75, 3.05) is 7.05 Å². The Morgan fingerprint density at radius 1 is 1.45 bits per heavy atom. The van der Waals surface area contributed by atoms with Crippen LogP contribution in [-0.2, 0) is 0 Å². The van der Waals surface area contributed by atoms with E-state index in [0.29, 0.717) is 6.04 Å². The fourth-order valence-corrected chi connectivity index (χ4v) is 1.92. The van der Waals surface area contributed by atoms with Gasteiger partial charge in [0.05, 0.1) is 0 Å². The van der Waals surface area contributed by atoms with Crippen molar-refractivity contribution in [2.45, 2.75) is 33.2 Å². The van der Waals surface area contributed by atoms with Crippen molar-refractivity contribution >= 4 is 0 Å². The minimum absolute atomic E-state index is 0.596. The molecule has 1 aliphatic carbocycles. The SMILES string of the molecule is CN[C@@H]1C=C(C)C[C@H](C)[C@H]1C. The van der Waals surface area contributed by atoms with Gasteiger partial charge in [0, 0.05) is 6.04 Å². The average Bonchev–Trinajstić information content (AvgIpc) is 1.96. The number of allylic oxidation sites excluding steroid dienone is 1. The first-order valence-corrected chi connectivity index (χ1v) is 4.49. The summed E-state index contributed by atoms with van der Waals surface area (Å²) in [6.07, 6.45) is 3.64. The van der Waals surface area contributed by atoms with Crippen molar-refractivity contribution in [3.05, 3.63) is 11.6 Å². The van der Waals surface area contributed by atoms with Crippen molar-refractivity contribution in [1.82, 2.24) is 5.32 Å². The molecule has 1 rings (SSSR count). The third kappa shape index (κ3) is 1.84. The molecule has 0 heterocycles. The van der Waals surface area contributed by atoms with E-state index in [1.807, 2.05) is 7.05 Å². The topological polar surface area (TPSA) is 12.0 Å². The Balaban J connectivity index is 2.70. The highest BCUT2D eigenvalue weighted by Gasteiger charge is 2.23. The Hall–Kier alpha value is -0.300. The van der Waals surface area contributed by atoms with Gasteiger partial charge in [0.1, 0.15) is 0 Å². The lowest BCUT2D eigenvalue weighted by Crippen LogP contribution is -2.36. The second kappa shape index (κ2) is 3.40. The molecule has 64 valence electrons. The van der Waals surface area contributed by atoms with Gasteiger partial charge in [-0.25, -0.2) is 0 Å². The molecule has 0 unspecified atom stereocenters. The predicted molar refractivity (Wildman–Crippen MR) is 49.5 cm³/mol. The molecule has 0 aliphatic heterocycles. The van der Waals surface area contributed by atoms with Gasteiger partial charge in [-0.2, -0.15) is 0 Å². The summed E-state index contributed by atoms with van der Waals surface area (Å²) in [5.41, 5.74) is 1.54. The number of hydrogen-bond acceptors (Lipinski definition) is 1. The first kappa shape index (κ1) is 8.79. The molecule has 0 aromatic heterocycles. The van der Waals surface area contributed by atoms with Crippen molar-refractivity contribution < 1.29 is 0 Å². The van der Waals surface area contributed by atoms with Gasteiger partial charge in [-0.1, -0.05) is 25.5 Å². The van der Waals surface area contributed by atoms with E-state index in [9.17, 15) is 0 Å². The molecule has 0 aromatic rings. The van der Waals surface area contributed by atoms with Crippen LogP contribution in [0.3, 0.4) is 0 Å². The highest BCUT2D eigenvalue weighted by atomic mass is 14.9. The maximum Gasteiger partial charge on any atom is 0.0278 e. The van der Waals surface area contributed by atoms with Crippen LogP contribution in [0.5, 0.6) is 0 Å². The zero-order valence-corrected chi connectivity index (χ0v) is 8.02. The van der Waals surface area contributed by atoms with E-state index in [1.54, 1.807) is 0 Å². The zero-order valence-electron chi connectivity index (χ0n) is 8.02. The smallest absolute Gasteiger partial charge is 0.0278 e. The Morgan fingerprint density at radius 3 is 2.64 bits per heavy atom. The Labute approximate surface area is 69.9 Å². The fourth-order valence-electron chi connectivity index (χ4n) is 1.92. The molecule has 1 N–H and O–H groups in total. The monoisotopic (exact) mass is 153 g/mol. The van der Waals surface area contributed by atoms with E-state index < -0.39 is 0 Å². The summed E-state index contributed by atoms with van der Waals surface area (Å²) in [6, 6.07) is 0.596. The first-order valence-electron chi connectivity index (χ1n) is 4.49. The molecule has 0 bridgehead atoms. The van der Waals surface area contributed by atoms with Gasteiger partial charge in [0.25, 0.3) is 0 Å². The highest BCUT2D eigenvalue weighted by molar-refractivity contribution is 5.11. The molecule has 0 saturated heterocycles. The molecule has 0 spiro atoms. The molecule has 3 atom stereocenters. The largest absolute Gasteiger partial charge is 0.313 e. The van der Waals surface area contributed by atoms with Crippen LogP contribution in [-0.4, -0.2) is 13.1 Å². The summed E-state index contributed by atoms with van der Waals surface area (Å²) < 4.78 is 0. The zero-order chi connectivity index (χ0) is 8.43. The molecule has 1 nitrogen and oxygen atoms in total. The molecular weight excluding hydrogens is 134 g/mol. The summed E-state index contributed by atoms with van der Waals surface area (Å²) in [5, 5.41) is 3.34. The Morgan fingerprint density at radius 2 is 2.09 bits per heavy atom. The minimum Gasteiger partial charge on any atom is -0.313 e. The van der Waals surface area contributed by atoms with Crippen LogP contribution in [0, 0.1) is 11.8 Å². The van der Waals surface area contributed by atoms with Gasteiger partial charge in [-0.05, 0) is 32.2 Å². The van der Waals surface area contributed by atoms with Gasteiger partial charge in [0.15, 0.2) is 0 Å². The summed E-state index contributed by atoms with van der Waals surface area (Å²) in [7, 11) is 2.04. The Bertz CT molecular complexity index is 160.